The van der Waals surface area contributed by atoms with Crippen molar-refractivity contribution in [2.45, 2.75) is 38.5 Å². The second kappa shape index (κ2) is 9.49. The summed E-state index contributed by atoms with van der Waals surface area (Å²) in [5.74, 6) is -0.00173. The van der Waals surface area contributed by atoms with Crippen molar-refractivity contribution < 1.29 is 9.59 Å². The van der Waals surface area contributed by atoms with Crippen LogP contribution in [-0.2, 0) is 9.59 Å². The van der Waals surface area contributed by atoms with E-state index in [1.807, 2.05) is 13.2 Å². The highest BCUT2D eigenvalue weighted by atomic mass is 16.2. The van der Waals surface area contributed by atoms with Crippen molar-refractivity contribution in [3.05, 3.63) is 36.2 Å². The number of carbonyl (C=O) groups is 2. The van der Waals surface area contributed by atoms with E-state index >= 15 is 0 Å². The monoisotopic (exact) mass is 307 g/mol. The molecule has 1 heterocycles. The Labute approximate surface area is 131 Å². The van der Waals surface area contributed by atoms with Gasteiger partial charge in [0, 0.05) is 31.6 Å². The molecule has 0 radical (unpaired) electrons. The molecule has 0 saturated carbocycles. The van der Waals surface area contributed by atoms with Gasteiger partial charge in [-0.15, -0.1) is 0 Å². The molecule has 0 aromatic rings. The first-order chi connectivity index (χ1) is 10.5. The Bertz CT molecular complexity index is 482. The highest BCUT2D eigenvalue weighted by Gasteiger charge is 2.15. The van der Waals surface area contributed by atoms with Gasteiger partial charge in [-0.05, 0) is 19.3 Å². The summed E-state index contributed by atoms with van der Waals surface area (Å²) in [7, 11) is 1.81. The van der Waals surface area contributed by atoms with Crippen LogP contribution in [0.5, 0.6) is 0 Å². The van der Waals surface area contributed by atoms with Crippen LogP contribution in [0.1, 0.15) is 38.5 Å². The SMILES string of the molecule is C=C1NC=C(NC(=CNC)CCCCCCC(N)=O)C(=O)N1. The van der Waals surface area contributed by atoms with E-state index in [0.29, 0.717) is 17.9 Å². The number of primary amides is 1. The topological polar surface area (TPSA) is 108 Å². The molecule has 0 unspecified atom stereocenters. The summed E-state index contributed by atoms with van der Waals surface area (Å²) in [5, 5.41) is 11.5. The van der Waals surface area contributed by atoms with Gasteiger partial charge in [0.1, 0.15) is 11.5 Å². The molecular formula is C15H25N5O2. The Morgan fingerprint density at radius 3 is 2.59 bits per heavy atom. The molecule has 1 aliphatic heterocycles. The third-order valence-electron chi connectivity index (χ3n) is 3.13. The maximum atomic E-state index is 11.8. The summed E-state index contributed by atoms with van der Waals surface area (Å²) in [5.41, 5.74) is 6.47. The maximum Gasteiger partial charge on any atom is 0.274 e. The Kier molecular flexibility index (Phi) is 7.60. The fraction of sp³-hybridized carbons (Fsp3) is 0.467. The van der Waals surface area contributed by atoms with E-state index < -0.39 is 0 Å². The minimum absolute atomic E-state index is 0.216. The molecule has 0 atom stereocenters. The number of carbonyl (C=O) groups excluding carboxylic acids is 2. The van der Waals surface area contributed by atoms with Crippen molar-refractivity contribution in [1.82, 2.24) is 21.3 Å². The zero-order chi connectivity index (χ0) is 16.4. The normalized spacial score (nSPS) is 14.8. The average molecular weight is 307 g/mol. The molecule has 1 aliphatic rings. The predicted octanol–water partition coefficient (Wildman–Crippen LogP) is 0.495. The van der Waals surface area contributed by atoms with Gasteiger partial charge in [-0.25, -0.2) is 0 Å². The van der Waals surface area contributed by atoms with Crippen molar-refractivity contribution in [2.24, 2.45) is 5.73 Å². The number of rotatable bonds is 10. The fourth-order valence-corrected chi connectivity index (χ4v) is 2.04. The van der Waals surface area contributed by atoms with Crippen LogP contribution in [0.4, 0.5) is 0 Å². The molecule has 6 N–H and O–H groups in total. The van der Waals surface area contributed by atoms with E-state index in [1.165, 1.54) is 0 Å². The van der Waals surface area contributed by atoms with Gasteiger partial charge in [0.05, 0.1) is 0 Å². The average Bonchev–Trinajstić information content (AvgIpc) is 2.45. The molecular weight excluding hydrogens is 282 g/mol. The molecule has 0 aliphatic carbocycles. The lowest BCUT2D eigenvalue weighted by Gasteiger charge is -2.19. The molecule has 1 rings (SSSR count). The maximum absolute atomic E-state index is 11.8. The first-order valence-electron chi connectivity index (χ1n) is 7.41. The first-order valence-corrected chi connectivity index (χ1v) is 7.41. The summed E-state index contributed by atoms with van der Waals surface area (Å²) >= 11 is 0. The molecule has 0 saturated heterocycles. The number of hydrogen-bond acceptors (Lipinski definition) is 5. The van der Waals surface area contributed by atoms with Gasteiger partial charge in [0.2, 0.25) is 5.91 Å². The molecule has 0 bridgehead atoms. The third kappa shape index (κ3) is 6.83. The van der Waals surface area contributed by atoms with E-state index in [4.69, 9.17) is 5.73 Å². The van der Waals surface area contributed by atoms with Crippen LogP contribution in [0.25, 0.3) is 0 Å². The summed E-state index contributed by atoms with van der Waals surface area (Å²) in [4.78, 5) is 22.4. The first kappa shape index (κ1) is 17.6. The second-order valence-corrected chi connectivity index (χ2v) is 5.10. The summed E-state index contributed by atoms with van der Waals surface area (Å²) in [6.07, 6.45) is 8.46. The van der Waals surface area contributed by atoms with Gasteiger partial charge in [0.25, 0.3) is 5.91 Å². The Balaban J connectivity index is 2.37. The molecule has 22 heavy (non-hydrogen) atoms. The lowest BCUT2D eigenvalue weighted by atomic mass is 10.1. The Morgan fingerprint density at radius 2 is 2.00 bits per heavy atom. The van der Waals surface area contributed by atoms with Gasteiger partial charge >= 0.3 is 0 Å². The number of nitrogens with two attached hydrogens (primary N) is 1. The van der Waals surface area contributed by atoms with Crippen LogP contribution in [0.2, 0.25) is 0 Å². The van der Waals surface area contributed by atoms with Crippen LogP contribution < -0.4 is 27.0 Å². The lowest BCUT2D eigenvalue weighted by Crippen LogP contribution is -2.39. The van der Waals surface area contributed by atoms with Crippen LogP contribution in [-0.4, -0.2) is 18.9 Å². The largest absolute Gasteiger partial charge is 0.393 e. The number of hydrogen-bond donors (Lipinski definition) is 5. The number of amides is 2. The highest BCUT2D eigenvalue weighted by molar-refractivity contribution is 5.95. The van der Waals surface area contributed by atoms with Crippen molar-refractivity contribution >= 4 is 11.8 Å². The van der Waals surface area contributed by atoms with Crippen molar-refractivity contribution in [1.29, 1.82) is 0 Å². The van der Waals surface area contributed by atoms with Crippen LogP contribution in [0.3, 0.4) is 0 Å². The van der Waals surface area contributed by atoms with Gasteiger partial charge < -0.3 is 27.0 Å². The van der Waals surface area contributed by atoms with Crippen molar-refractivity contribution in [3.8, 4) is 0 Å². The number of allylic oxidation sites excluding steroid dienone is 1. The minimum Gasteiger partial charge on any atom is -0.393 e. The highest BCUT2D eigenvalue weighted by Crippen LogP contribution is 2.11. The molecule has 0 spiro atoms. The van der Waals surface area contributed by atoms with E-state index in [-0.39, 0.29) is 11.8 Å². The lowest BCUT2D eigenvalue weighted by molar-refractivity contribution is -0.118. The molecule has 0 aromatic heterocycles. The van der Waals surface area contributed by atoms with E-state index in [2.05, 4.69) is 27.8 Å². The van der Waals surface area contributed by atoms with Gasteiger partial charge in [-0.1, -0.05) is 19.4 Å². The van der Waals surface area contributed by atoms with Crippen LogP contribution in [0, 0.1) is 0 Å². The molecule has 0 fully saturated rings. The standard InChI is InChI=1S/C15H25N5O2/c1-11-18-10-13(15(22)19-11)20-12(9-17-2)7-5-3-4-6-8-14(16)21/h9-10,17-18,20H,1,3-8H2,2H3,(H2,16,21)(H,19,22). The Morgan fingerprint density at radius 1 is 1.32 bits per heavy atom. The minimum atomic E-state index is -0.248. The summed E-state index contributed by atoms with van der Waals surface area (Å²) < 4.78 is 0. The van der Waals surface area contributed by atoms with Gasteiger partial charge in [-0.2, -0.15) is 0 Å². The predicted molar refractivity (Wildman–Crippen MR) is 85.7 cm³/mol. The van der Waals surface area contributed by atoms with Crippen molar-refractivity contribution in [2.75, 3.05) is 7.05 Å². The zero-order valence-corrected chi connectivity index (χ0v) is 13.0. The molecule has 122 valence electrons. The Hall–Kier alpha value is -2.44. The van der Waals surface area contributed by atoms with E-state index in [1.54, 1.807) is 6.20 Å². The second-order valence-electron chi connectivity index (χ2n) is 5.10. The van der Waals surface area contributed by atoms with E-state index in [0.717, 1.165) is 37.8 Å². The summed E-state index contributed by atoms with van der Waals surface area (Å²) in [6, 6.07) is 0. The van der Waals surface area contributed by atoms with E-state index in [9.17, 15) is 9.59 Å². The van der Waals surface area contributed by atoms with Crippen molar-refractivity contribution in [3.63, 3.8) is 0 Å². The van der Waals surface area contributed by atoms with Gasteiger partial charge in [-0.3, -0.25) is 9.59 Å². The smallest absolute Gasteiger partial charge is 0.274 e. The molecule has 7 nitrogen and oxygen atoms in total. The molecule has 2 amide bonds. The van der Waals surface area contributed by atoms with Gasteiger partial charge in [0.15, 0.2) is 0 Å². The van der Waals surface area contributed by atoms with Crippen LogP contribution in [0.15, 0.2) is 36.2 Å². The molecule has 0 aromatic carbocycles. The van der Waals surface area contributed by atoms with Crippen LogP contribution >= 0.6 is 0 Å². The fourth-order valence-electron chi connectivity index (χ4n) is 2.04. The summed E-state index contributed by atoms with van der Waals surface area (Å²) in [6.45, 7) is 3.63. The molecule has 7 heteroatoms. The zero-order valence-electron chi connectivity index (χ0n) is 13.0. The third-order valence-corrected chi connectivity index (χ3v) is 3.13. The number of unbranched alkanes of at least 4 members (excludes halogenated alkanes) is 3. The number of nitrogens with one attached hydrogen (secondary N) is 4. The quantitative estimate of drug-likeness (QED) is 0.378.